The van der Waals surface area contributed by atoms with Gasteiger partial charge in [0.1, 0.15) is 0 Å². The fraction of sp³-hybridized carbons (Fsp3) is 0.125. The van der Waals surface area contributed by atoms with Crippen LogP contribution in [-0.4, -0.2) is 27.2 Å². The number of hydrazone groups is 1. The number of halogens is 1. The first-order chi connectivity index (χ1) is 7.16. The van der Waals surface area contributed by atoms with Crippen molar-refractivity contribution < 1.29 is 4.79 Å². The van der Waals surface area contributed by atoms with Gasteiger partial charge >= 0.3 is 0 Å². The molecule has 0 aromatic carbocycles. The molecular formula is C8H5BrN2OS3. The van der Waals surface area contributed by atoms with Crippen LogP contribution in [0.3, 0.4) is 0 Å². The molecule has 0 bridgehead atoms. The molecule has 1 amide bonds. The Morgan fingerprint density at radius 3 is 3.00 bits per heavy atom. The predicted molar refractivity (Wildman–Crippen MR) is 71.5 cm³/mol. The first-order valence-corrected chi connectivity index (χ1v) is 7.01. The third-order valence-electron chi connectivity index (χ3n) is 1.62. The molecular weight excluding hydrogens is 316 g/mol. The summed E-state index contributed by atoms with van der Waals surface area (Å²) in [5, 5.41) is 7.29. The highest BCUT2D eigenvalue weighted by molar-refractivity contribution is 9.10. The number of amides is 1. The first kappa shape index (κ1) is 11.3. The van der Waals surface area contributed by atoms with Crippen LogP contribution >= 0.6 is 51.2 Å². The predicted octanol–water partition coefficient (Wildman–Crippen LogP) is 2.70. The standard InChI is InChI=1S/C8H5BrN2OS3/c9-5-1-6(14-3-5)2-10-11-7(12)4-15-8(11)13/h1-3H,4H2/b10-2-. The van der Waals surface area contributed by atoms with E-state index in [0.29, 0.717) is 10.1 Å². The average Bonchev–Trinajstić information content (AvgIpc) is 2.73. The Hall–Kier alpha value is -0.240. The topological polar surface area (TPSA) is 32.7 Å². The van der Waals surface area contributed by atoms with Crippen LogP contribution < -0.4 is 0 Å². The molecule has 0 radical (unpaired) electrons. The summed E-state index contributed by atoms with van der Waals surface area (Å²) >= 11 is 11.2. The second kappa shape index (κ2) is 4.73. The Balaban J connectivity index is 2.11. The van der Waals surface area contributed by atoms with E-state index in [4.69, 9.17) is 12.2 Å². The van der Waals surface area contributed by atoms with E-state index < -0.39 is 0 Å². The Morgan fingerprint density at radius 1 is 1.67 bits per heavy atom. The van der Waals surface area contributed by atoms with E-state index in [0.717, 1.165) is 9.35 Å². The van der Waals surface area contributed by atoms with Gasteiger partial charge in [-0.2, -0.15) is 10.1 Å². The molecule has 78 valence electrons. The summed E-state index contributed by atoms with van der Waals surface area (Å²) in [5.74, 6) is 0.335. The molecule has 7 heteroatoms. The van der Waals surface area contributed by atoms with Gasteiger partial charge in [-0.15, -0.1) is 11.3 Å². The number of thioether (sulfide) groups is 1. The zero-order valence-corrected chi connectivity index (χ0v) is 11.4. The minimum atomic E-state index is -0.0585. The number of rotatable bonds is 2. The maximum absolute atomic E-state index is 11.3. The van der Waals surface area contributed by atoms with Gasteiger partial charge in [0.15, 0.2) is 4.32 Å². The lowest BCUT2D eigenvalue weighted by atomic mass is 10.5. The molecule has 0 unspecified atom stereocenters. The van der Waals surface area contributed by atoms with Crippen LogP contribution in [0.2, 0.25) is 0 Å². The second-order valence-corrected chi connectivity index (χ2v) is 6.14. The van der Waals surface area contributed by atoms with Gasteiger partial charge in [-0.3, -0.25) is 4.79 Å². The fourth-order valence-corrected chi connectivity index (χ4v) is 3.23. The fourth-order valence-electron chi connectivity index (χ4n) is 0.970. The Labute approximate surface area is 109 Å². The smallest absolute Gasteiger partial charge is 0.259 e. The van der Waals surface area contributed by atoms with E-state index in [1.54, 1.807) is 17.6 Å². The summed E-state index contributed by atoms with van der Waals surface area (Å²) in [6, 6.07) is 1.94. The molecule has 0 aliphatic carbocycles. The lowest BCUT2D eigenvalue weighted by Gasteiger charge is -2.05. The summed E-state index contributed by atoms with van der Waals surface area (Å²) in [7, 11) is 0. The molecule has 15 heavy (non-hydrogen) atoms. The first-order valence-electron chi connectivity index (χ1n) is 3.94. The van der Waals surface area contributed by atoms with E-state index in [2.05, 4.69) is 21.0 Å². The van der Waals surface area contributed by atoms with Crippen molar-refractivity contribution in [1.29, 1.82) is 0 Å². The van der Waals surface area contributed by atoms with Gasteiger partial charge in [0.05, 0.1) is 12.0 Å². The summed E-state index contributed by atoms with van der Waals surface area (Å²) in [5.41, 5.74) is 0. The van der Waals surface area contributed by atoms with E-state index in [9.17, 15) is 4.79 Å². The Morgan fingerprint density at radius 2 is 2.47 bits per heavy atom. The molecule has 1 saturated heterocycles. The van der Waals surface area contributed by atoms with Crippen LogP contribution in [-0.2, 0) is 4.79 Å². The van der Waals surface area contributed by atoms with Gasteiger partial charge < -0.3 is 0 Å². The van der Waals surface area contributed by atoms with Gasteiger partial charge in [0, 0.05) is 14.7 Å². The third kappa shape index (κ3) is 2.66. The molecule has 1 aliphatic rings. The van der Waals surface area contributed by atoms with E-state index in [1.807, 2.05) is 11.4 Å². The average molecular weight is 321 g/mol. The van der Waals surface area contributed by atoms with E-state index in [1.165, 1.54) is 16.8 Å². The number of thiocarbonyl (C=S) groups is 1. The van der Waals surface area contributed by atoms with Gasteiger partial charge in [0.25, 0.3) is 5.91 Å². The number of hydrogen-bond donors (Lipinski definition) is 0. The molecule has 2 rings (SSSR count). The summed E-state index contributed by atoms with van der Waals surface area (Å²) in [6.07, 6.45) is 1.64. The molecule has 1 aromatic heterocycles. The largest absolute Gasteiger partial charge is 0.272 e. The number of carbonyl (C=O) groups is 1. The van der Waals surface area contributed by atoms with E-state index >= 15 is 0 Å². The van der Waals surface area contributed by atoms with Crippen molar-refractivity contribution in [2.45, 2.75) is 0 Å². The molecule has 2 heterocycles. The number of hydrogen-bond acceptors (Lipinski definition) is 5. The van der Waals surface area contributed by atoms with Crippen molar-refractivity contribution in [2.24, 2.45) is 5.10 Å². The molecule has 0 N–H and O–H groups in total. The molecule has 0 spiro atoms. The molecule has 0 atom stereocenters. The highest BCUT2D eigenvalue weighted by Gasteiger charge is 2.25. The van der Waals surface area contributed by atoms with E-state index in [-0.39, 0.29) is 5.91 Å². The second-order valence-electron chi connectivity index (χ2n) is 2.67. The van der Waals surface area contributed by atoms with Crippen molar-refractivity contribution in [2.75, 3.05) is 5.75 Å². The van der Waals surface area contributed by atoms with Crippen LogP contribution in [0.1, 0.15) is 4.88 Å². The molecule has 1 fully saturated rings. The molecule has 0 saturated carbocycles. The summed E-state index contributed by atoms with van der Waals surface area (Å²) < 4.78 is 1.53. The van der Waals surface area contributed by atoms with Gasteiger partial charge in [0.2, 0.25) is 0 Å². The van der Waals surface area contributed by atoms with Crippen LogP contribution in [0.4, 0.5) is 0 Å². The maximum atomic E-state index is 11.3. The van der Waals surface area contributed by atoms with Gasteiger partial charge in [-0.25, -0.2) is 0 Å². The zero-order valence-electron chi connectivity index (χ0n) is 7.34. The third-order valence-corrected chi connectivity index (χ3v) is 4.58. The highest BCUT2D eigenvalue weighted by atomic mass is 79.9. The van der Waals surface area contributed by atoms with Crippen molar-refractivity contribution >= 4 is 67.7 Å². The number of nitrogens with zero attached hydrogens (tertiary/aromatic N) is 2. The lowest BCUT2D eigenvalue weighted by Crippen LogP contribution is -2.22. The number of carbonyl (C=O) groups excluding carboxylic acids is 1. The molecule has 1 aromatic rings. The van der Waals surface area contributed by atoms with Crippen LogP contribution in [0.15, 0.2) is 21.0 Å². The quantitative estimate of drug-likeness (QED) is 0.620. The highest BCUT2D eigenvalue weighted by Crippen LogP contribution is 2.21. The Bertz CT molecular complexity index is 427. The van der Waals surface area contributed by atoms with Crippen molar-refractivity contribution in [3.63, 3.8) is 0 Å². The molecule has 1 aliphatic heterocycles. The van der Waals surface area contributed by atoms with Gasteiger partial charge in [-0.1, -0.05) is 24.0 Å². The van der Waals surface area contributed by atoms with Gasteiger partial charge in [-0.05, 0) is 22.0 Å². The number of thiophene rings is 1. The minimum absolute atomic E-state index is 0.0585. The minimum Gasteiger partial charge on any atom is -0.272 e. The van der Waals surface area contributed by atoms with Crippen LogP contribution in [0, 0.1) is 0 Å². The van der Waals surface area contributed by atoms with Crippen molar-refractivity contribution in [1.82, 2.24) is 5.01 Å². The van der Waals surface area contributed by atoms with Crippen molar-refractivity contribution in [3.05, 3.63) is 20.8 Å². The normalized spacial score (nSPS) is 17.0. The van der Waals surface area contributed by atoms with Crippen molar-refractivity contribution in [3.8, 4) is 0 Å². The lowest BCUT2D eigenvalue weighted by molar-refractivity contribution is -0.123. The maximum Gasteiger partial charge on any atom is 0.259 e. The van der Waals surface area contributed by atoms with Crippen LogP contribution in [0.5, 0.6) is 0 Å². The Kier molecular flexibility index (Phi) is 3.55. The molecule has 3 nitrogen and oxygen atoms in total. The monoisotopic (exact) mass is 320 g/mol. The summed E-state index contributed by atoms with van der Waals surface area (Å²) in [6.45, 7) is 0. The summed E-state index contributed by atoms with van der Waals surface area (Å²) in [4.78, 5) is 12.3. The zero-order chi connectivity index (χ0) is 10.8. The SMILES string of the molecule is O=C1CSC(=S)N1/N=C\c1cc(Br)cs1. The van der Waals surface area contributed by atoms with Crippen LogP contribution in [0.25, 0.3) is 0 Å².